The van der Waals surface area contributed by atoms with Crippen LogP contribution in [0.25, 0.3) is 11.0 Å². The highest BCUT2D eigenvalue weighted by Gasteiger charge is 2.41. The van der Waals surface area contributed by atoms with Gasteiger partial charge < -0.3 is 15.1 Å². The minimum Gasteiger partial charge on any atom is -0.467 e. The number of carbonyl (C=O) groups excluding carboxylic acids is 1. The van der Waals surface area contributed by atoms with E-state index in [0.717, 1.165) is 23.2 Å². The van der Waals surface area contributed by atoms with Gasteiger partial charge in [0.25, 0.3) is 0 Å². The third kappa shape index (κ3) is 3.31. The number of nitrogens with one attached hydrogen (secondary N) is 2. The fourth-order valence-electron chi connectivity index (χ4n) is 4.02. The first-order chi connectivity index (χ1) is 15.3. The molecule has 9 heteroatoms. The predicted octanol–water partition coefficient (Wildman–Crippen LogP) is 5.43. The van der Waals surface area contributed by atoms with Gasteiger partial charge in [-0.15, -0.1) is 0 Å². The number of hydrogen-bond donors (Lipinski definition) is 2. The molecular weight excluding hydrogens is 421 g/mol. The number of hydrogen-bond acceptors (Lipinski definition) is 4. The highest BCUT2D eigenvalue weighted by atomic mass is 19.4. The summed E-state index contributed by atoms with van der Waals surface area (Å²) in [6, 6.07) is 14.8. The van der Waals surface area contributed by atoms with Crippen molar-refractivity contribution in [3.63, 3.8) is 0 Å². The molecule has 1 amide bonds. The number of benzene rings is 2. The van der Waals surface area contributed by atoms with E-state index in [-0.39, 0.29) is 5.69 Å². The van der Waals surface area contributed by atoms with E-state index in [1.807, 2.05) is 28.8 Å². The second-order valence-corrected chi connectivity index (χ2v) is 7.45. The normalized spacial score (nSPS) is 18.3. The van der Waals surface area contributed by atoms with Crippen molar-refractivity contribution in [3.8, 4) is 0 Å². The molecule has 3 heterocycles. The van der Waals surface area contributed by atoms with Crippen LogP contribution in [0.2, 0.25) is 0 Å². The Morgan fingerprint density at radius 2 is 1.94 bits per heavy atom. The first-order valence-corrected chi connectivity index (χ1v) is 9.77. The third-order valence-electron chi connectivity index (χ3n) is 5.41. The number of alkyl halides is 3. The van der Waals surface area contributed by atoms with E-state index >= 15 is 0 Å². The maximum absolute atomic E-state index is 13.3. The van der Waals surface area contributed by atoms with Crippen molar-refractivity contribution < 1.29 is 22.4 Å². The van der Waals surface area contributed by atoms with Gasteiger partial charge in [0.2, 0.25) is 11.9 Å². The van der Waals surface area contributed by atoms with Gasteiger partial charge in [-0.05, 0) is 42.5 Å². The molecule has 5 rings (SSSR count). The van der Waals surface area contributed by atoms with Gasteiger partial charge >= 0.3 is 6.18 Å². The van der Waals surface area contributed by atoms with Crippen LogP contribution in [0.15, 0.2) is 83.6 Å². The SMILES string of the molecule is C=C1Nc2nc3ccccc3n2[C@@H](c2ccco2)[C@H]1C(=O)Nc1cccc(C(F)(F)F)c1. The number of amides is 1. The fourth-order valence-corrected chi connectivity index (χ4v) is 4.02. The van der Waals surface area contributed by atoms with Crippen molar-refractivity contribution in [2.45, 2.75) is 12.2 Å². The van der Waals surface area contributed by atoms with Gasteiger partial charge in [-0.1, -0.05) is 24.8 Å². The Kier molecular flexibility index (Phi) is 4.54. The number of para-hydroxylation sites is 2. The largest absolute Gasteiger partial charge is 0.467 e. The fraction of sp³-hybridized carbons (Fsp3) is 0.130. The number of carbonyl (C=O) groups is 1. The minimum absolute atomic E-state index is 0.0390. The van der Waals surface area contributed by atoms with Crippen LogP contribution in [0.4, 0.5) is 24.8 Å². The molecule has 162 valence electrons. The van der Waals surface area contributed by atoms with Crippen LogP contribution in [0.3, 0.4) is 0 Å². The average Bonchev–Trinajstić information content (AvgIpc) is 3.40. The molecule has 4 aromatic rings. The number of imidazole rings is 1. The summed E-state index contributed by atoms with van der Waals surface area (Å²) in [5.41, 5.74) is 1.05. The highest BCUT2D eigenvalue weighted by molar-refractivity contribution is 5.96. The molecule has 0 spiro atoms. The molecule has 1 aliphatic heterocycles. The lowest BCUT2D eigenvalue weighted by atomic mass is 9.91. The number of nitrogens with zero attached hydrogens (tertiary/aromatic N) is 2. The Morgan fingerprint density at radius 1 is 1.12 bits per heavy atom. The molecule has 6 nitrogen and oxygen atoms in total. The van der Waals surface area contributed by atoms with E-state index in [1.54, 1.807) is 12.1 Å². The summed E-state index contributed by atoms with van der Waals surface area (Å²) in [7, 11) is 0. The lowest BCUT2D eigenvalue weighted by Gasteiger charge is -2.34. The van der Waals surface area contributed by atoms with Crippen LogP contribution in [-0.4, -0.2) is 15.5 Å². The van der Waals surface area contributed by atoms with Gasteiger partial charge in [-0.2, -0.15) is 13.2 Å². The van der Waals surface area contributed by atoms with Crippen molar-refractivity contribution in [2.24, 2.45) is 5.92 Å². The summed E-state index contributed by atoms with van der Waals surface area (Å²) in [6.45, 7) is 4.00. The van der Waals surface area contributed by atoms with Gasteiger partial charge in [0.15, 0.2) is 0 Å². The molecule has 0 unspecified atom stereocenters. The van der Waals surface area contributed by atoms with Gasteiger partial charge in [0.1, 0.15) is 17.7 Å². The second-order valence-electron chi connectivity index (χ2n) is 7.45. The van der Waals surface area contributed by atoms with Crippen LogP contribution < -0.4 is 10.6 Å². The zero-order chi connectivity index (χ0) is 22.5. The van der Waals surface area contributed by atoms with E-state index in [4.69, 9.17) is 4.42 Å². The first kappa shape index (κ1) is 19.9. The number of rotatable bonds is 3. The maximum atomic E-state index is 13.3. The molecule has 2 atom stereocenters. The molecule has 0 radical (unpaired) electrons. The number of aromatic nitrogens is 2. The van der Waals surface area contributed by atoms with Crippen molar-refractivity contribution in [1.82, 2.24) is 9.55 Å². The Balaban J connectivity index is 1.57. The molecule has 32 heavy (non-hydrogen) atoms. The summed E-state index contributed by atoms with van der Waals surface area (Å²) in [6.07, 6.45) is -3.02. The van der Waals surface area contributed by atoms with Gasteiger partial charge in [0, 0.05) is 11.4 Å². The Bertz CT molecular complexity index is 1320. The average molecular weight is 438 g/mol. The summed E-state index contributed by atoms with van der Waals surface area (Å²) in [5.74, 6) is -0.394. The molecule has 0 saturated heterocycles. The molecule has 0 aliphatic carbocycles. The number of anilines is 2. The molecule has 2 aromatic carbocycles. The van der Waals surface area contributed by atoms with E-state index in [2.05, 4.69) is 22.2 Å². The number of halogens is 3. The summed E-state index contributed by atoms with van der Waals surface area (Å²) in [5, 5.41) is 5.67. The van der Waals surface area contributed by atoms with Crippen LogP contribution in [0, 0.1) is 5.92 Å². The summed E-state index contributed by atoms with van der Waals surface area (Å²) in [4.78, 5) is 17.9. The van der Waals surface area contributed by atoms with Crippen LogP contribution in [0.5, 0.6) is 0 Å². The molecule has 2 N–H and O–H groups in total. The second kappa shape index (κ2) is 7.30. The predicted molar refractivity (Wildman–Crippen MR) is 113 cm³/mol. The Labute approximate surface area is 180 Å². The summed E-state index contributed by atoms with van der Waals surface area (Å²) >= 11 is 0. The van der Waals surface area contributed by atoms with Gasteiger partial charge in [-0.3, -0.25) is 9.36 Å². The lowest BCUT2D eigenvalue weighted by Crippen LogP contribution is -2.39. The van der Waals surface area contributed by atoms with Gasteiger partial charge in [0.05, 0.1) is 22.9 Å². The summed E-state index contributed by atoms with van der Waals surface area (Å²) < 4.78 is 46.8. The standard InChI is InChI=1S/C23H17F3N4O2/c1-13-19(21(31)28-15-7-4-6-14(12-15)23(24,25)26)20(18-10-5-11-32-18)30-17-9-3-2-8-16(17)29-22(30)27-13/h2-12,19-20H,1H2,(H,27,29)(H,28,31)/t19-,20-/m0/s1. The lowest BCUT2D eigenvalue weighted by molar-refractivity contribution is -0.137. The van der Waals surface area contributed by atoms with E-state index in [9.17, 15) is 18.0 Å². The molecule has 0 bridgehead atoms. The van der Waals surface area contributed by atoms with E-state index < -0.39 is 29.6 Å². The topological polar surface area (TPSA) is 72.1 Å². The number of furan rings is 1. The molecule has 1 aliphatic rings. The van der Waals surface area contributed by atoms with E-state index in [1.165, 1.54) is 18.4 Å². The quantitative estimate of drug-likeness (QED) is 0.447. The third-order valence-corrected chi connectivity index (χ3v) is 5.41. The molecule has 0 fully saturated rings. The van der Waals surface area contributed by atoms with Crippen LogP contribution in [0.1, 0.15) is 17.4 Å². The van der Waals surface area contributed by atoms with Gasteiger partial charge in [-0.25, -0.2) is 4.98 Å². The maximum Gasteiger partial charge on any atom is 0.416 e. The van der Waals surface area contributed by atoms with Crippen LogP contribution >= 0.6 is 0 Å². The Morgan fingerprint density at radius 3 is 2.69 bits per heavy atom. The molecular formula is C23H17F3N4O2. The van der Waals surface area contributed by atoms with Crippen molar-refractivity contribution in [2.75, 3.05) is 10.6 Å². The smallest absolute Gasteiger partial charge is 0.416 e. The highest BCUT2D eigenvalue weighted by Crippen LogP contribution is 2.42. The van der Waals surface area contributed by atoms with Crippen LogP contribution in [-0.2, 0) is 11.0 Å². The minimum atomic E-state index is -4.52. The molecule has 0 saturated carbocycles. The van der Waals surface area contributed by atoms with E-state index in [0.29, 0.717) is 17.4 Å². The van der Waals surface area contributed by atoms with Crippen molar-refractivity contribution >= 4 is 28.6 Å². The zero-order valence-corrected chi connectivity index (χ0v) is 16.6. The first-order valence-electron chi connectivity index (χ1n) is 9.77. The zero-order valence-electron chi connectivity index (χ0n) is 16.6. The number of fused-ring (bicyclic) bond motifs is 3. The monoisotopic (exact) mass is 438 g/mol. The van der Waals surface area contributed by atoms with Crippen molar-refractivity contribution in [3.05, 3.63) is 90.5 Å². The molecule has 2 aromatic heterocycles. The van der Waals surface area contributed by atoms with Crippen molar-refractivity contribution in [1.29, 1.82) is 0 Å². The Hall–Kier alpha value is -4.01.